The lowest BCUT2D eigenvalue weighted by molar-refractivity contribution is -0.142. The molecule has 2 amide bonds. The molecule has 7 unspecified atom stereocenters. The first kappa shape index (κ1) is 27.8. The van der Waals surface area contributed by atoms with Crippen LogP contribution in [0.1, 0.15) is 66.2 Å². The van der Waals surface area contributed by atoms with Crippen molar-refractivity contribution >= 4 is 21.7 Å². The van der Waals surface area contributed by atoms with Gasteiger partial charge in [0.1, 0.15) is 9.84 Å². The molecule has 3 aliphatic heterocycles. The standard InChI is InChI=1S/C26H47N5O4S/c1-15(2)31-24-22(14-28-31)20(12-23(29-24)18-7-9-19(10-8-18)36(6,34)35)25(32)27-13-21-16(3)11-17(4)30(5)26(21)33/h15-24,28-29H,7-14H2,1-6H3,(H,27,32). The lowest BCUT2D eigenvalue weighted by atomic mass is 9.73. The summed E-state index contributed by atoms with van der Waals surface area (Å²) in [5, 5.41) is 9.05. The van der Waals surface area contributed by atoms with Gasteiger partial charge in [0.15, 0.2) is 0 Å². The van der Waals surface area contributed by atoms with Gasteiger partial charge < -0.3 is 10.2 Å². The minimum atomic E-state index is -3.01. The van der Waals surface area contributed by atoms with Crippen LogP contribution in [0.15, 0.2) is 0 Å². The first-order chi connectivity index (χ1) is 16.9. The lowest BCUT2D eigenvalue weighted by Gasteiger charge is -2.45. The van der Waals surface area contributed by atoms with Crippen LogP contribution in [-0.4, -0.2) is 86.1 Å². The summed E-state index contributed by atoms with van der Waals surface area (Å²) in [6.45, 7) is 9.64. The van der Waals surface area contributed by atoms with Crippen LogP contribution in [-0.2, 0) is 19.4 Å². The first-order valence-electron chi connectivity index (χ1n) is 13.9. The molecule has 3 N–H and O–H groups in total. The Labute approximate surface area is 217 Å². The van der Waals surface area contributed by atoms with E-state index in [1.807, 2.05) is 11.9 Å². The van der Waals surface area contributed by atoms with Crippen LogP contribution < -0.4 is 16.1 Å². The van der Waals surface area contributed by atoms with E-state index >= 15 is 0 Å². The Hall–Kier alpha value is -1.23. The molecule has 1 aliphatic carbocycles. The molecule has 0 aromatic carbocycles. The Balaban J connectivity index is 1.45. The zero-order valence-electron chi connectivity index (χ0n) is 22.9. The number of rotatable bonds is 6. The normalized spacial score (nSPS) is 40.4. The molecule has 7 atom stereocenters. The van der Waals surface area contributed by atoms with E-state index in [1.165, 1.54) is 6.26 Å². The zero-order valence-corrected chi connectivity index (χ0v) is 23.7. The number of nitrogens with one attached hydrogen (secondary N) is 3. The van der Waals surface area contributed by atoms with E-state index in [9.17, 15) is 18.0 Å². The van der Waals surface area contributed by atoms with Gasteiger partial charge in [0, 0.05) is 56.4 Å². The quantitative estimate of drug-likeness (QED) is 0.480. The van der Waals surface area contributed by atoms with Crippen molar-refractivity contribution in [3.05, 3.63) is 0 Å². The van der Waals surface area contributed by atoms with E-state index in [0.29, 0.717) is 25.3 Å². The number of piperidine rings is 2. The Morgan fingerprint density at radius 3 is 2.42 bits per heavy atom. The fourth-order valence-corrected chi connectivity index (χ4v) is 8.32. The van der Waals surface area contributed by atoms with Gasteiger partial charge in [-0.2, -0.15) is 0 Å². The van der Waals surface area contributed by atoms with E-state index in [2.05, 4.69) is 48.8 Å². The topological polar surface area (TPSA) is 111 Å². The summed E-state index contributed by atoms with van der Waals surface area (Å²) in [4.78, 5) is 28.4. The summed E-state index contributed by atoms with van der Waals surface area (Å²) in [5.41, 5.74) is 3.51. The molecule has 0 aromatic heterocycles. The monoisotopic (exact) mass is 525 g/mol. The summed E-state index contributed by atoms with van der Waals surface area (Å²) in [5.74, 6) is 0.613. The third-order valence-electron chi connectivity index (χ3n) is 9.63. The third kappa shape index (κ3) is 5.61. The number of carbonyl (C=O) groups is 2. The van der Waals surface area contributed by atoms with Crippen molar-refractivity contribution in [2.45, 2.75) is 95.8 Å². The molecular formula is C26H47N5O4S. The van der Waals surface area contributed by atoms with Crippen molar-refractivity contribution in [2.24, 2.45) is 29.6 Å². The smallest absolute Gasteiger partial charge is 0.227 e. The van der Waals surface area contributed by atoms with Crippen molar-refractivity contribution < 1.29 is 18.0 Å². The van der Waals surface area contributed by atoms with Gasteiger partial charge in [-0.25, -0.2) is 13.4 Å². The van der Waals surface area contributed by atoms with Crippen molar-refractivity contribution in [3.8, 4) is 0 Å². The second-order valence-corrected chi connectivity index (χ2v) is 14.6. The molecule has 1 saturated carbocycles. The molecule has 0 spiro atoms. The Morgan fingerprint density at radius 1 is 1.14 bits per heavy atom. The molecule has 0 radical (unpaired) electrons. The number of fused-ring (bicyclic) bond motifs is 1. The molecule has 9 nitrogen and oxygen atoms in total. The Bertz CT molecular complexity index is 919. The van der Waals surface area contributed by atoms with Gasteiger partial charge in [0.25, 0.3) is 0 Å². The number of carbonyl (C=O) groups excluding carboxylic acids is 2. The van der Waals surface area contributed by atoms with E-state index in [4.69, 9.17) is 0 Å². The molecule has 3 heterocycles. The molecule has 0 bridgehead atoms. The summed E-state index contributed by atoms with van der Waals surface area (Å²) < 4.78 is 24.1. The molecule has 4 aliphatic rings. The van der Waals surface area contributed by atoms with E-state index < -0.39 is 9.84 Å². The van der Waals surface area contributed by atoms with Gasteiger partial charge in [-0.05, 0) is 71.1 Å². The van der Waals surface area contributed by atoms with Crippen molar-refractivity contribution in [1.82, 2.24) is 26.0 Å². The maximum atomic E-state index is 13.6. The van der Waals surface area contributed by atoms with Gasteiger partial charge in [0.2, 0.25) is 11.8 Å². The van der Waals surface area contributed by atoms with E-state index in [-0.39, 0.29) is 65.0 Å². The number of hydrogen-bond acceptors (Lipinski definition) is 7. The van der Waals surface area contributed by atoms with Gasteiger partial charge in [-0.15, -0.1) is 0 Å². The summed E-state index contributed by atoms with van der Waals surface area (Å²) >= 11 is 0. The van der Waals surface area contributed by atoms with Crippen LogP contribution in [0.4, 0.5) is 0 Å². The average Bonchev–Trinajstić information content (AvgIpc) is 3.25. The number of amides is 2. The number of likely N-dealkylation sites (tertiary alicyclic amines) is 1. The highest BCUT2D eigenvalue weighted by Gasteiger charge is 2.49. The Morgan fingerprint density at radius 2 is 1.81 bits per heavy atom. The van der Waals surface area contributed by atoms with Crippen molar-refractivity contribution in [1.29, 1.82) is 0 Å². The second-order valence-electron chi connectivity index (χ2n) is 12.3. The molecule has 206 valence electrons. The molecule has 4 rings (SSSR count). The highest BCUT2D eigenvalue weighted by atomic mass is 32.2. The summed E-state index contributed by atoms with van der Waals surface area (Å²) in [7, 11) is -1.15. The van der Waals surface area contributed by atoms with Crippen molar-refractivity contribution in [3.63, 3.8) is 0 Å². The molecule has 0 aromatic rings. The molecule has 36 heavy (non-hydrogen) atoms. The minimum Gasteiger partial charge on any atom is -0.355 e. The van der Waals surface area contributed by atoms with Crippen molar-refractivity contribution in [2.75, 3.05) is 26.4 Å². The predicted molar refractivity (Wildman–Crippen MR) is 140 cm³/mol. The second kappa shape index (κ2) is 10.9. The van der Waals surface area contributed by atoms with Crippen LogP contribution in [0.2, 0.25) is 0 Å². The van der Waals surface area contributed by atoms with Crippen LogP contribution in [0.5, 0.6) is 0 Å². The van der Waals surface area contributed by atoms with Crippen LogP contribution >= 0.6 is 0 Å². The first-order valence-corrected chi connectivity index (χ1v) is 15.8. The predicted octanol–water partition coefficient (Wildman–Crippen LogP) is 1.36. The van der Waals surface area contributed by atoms with E-state index in [1.54, 1.807) is 0 Å². The third-order valence-corrected chi connectivity index (χ3v) is 11.3. The zero-order chi connectivity index (χ0) is 26.4. The van der Waals surface area contributed by atoms with Crippen LogP contribution in [0.3, 0.4) is 0 Å². The maximum absolute atomic E-state index is 13.6. The van der Waals surface area contributed by atoms with Gasteiger partial charge >= 0.3 is 0 Å². The molecule has 10 heteroatoms. The summed E-state index contributed by atoms with van der Waals surface area (Å²) in [6, 6.07) is 0.690. The fourth-order valence-electron chi connectivity index (χ4n) is 7.19. The minimum absolute atomic E-state index is 0.0509. The molecular weight excluding hydrogens is 478 g/mol. The molecule has 4 fully saturated rings. The summed E-state index contributed by atoms with van der Waals surface area (Å²) in [6.07, 6.45) is 6.26. The SMILES string of the molecule is CC1CC(C)N(C)C(=O)C1CNC(=O)C1CC(C2CCC(S(C)(=O)=O)CC2)NC2C1CNN2C(C)C. The van der Waals surface area contributed by atoms with Gasteiger partial charge in [-0.3, -0.25) is 20.3 Å². The Kier molecular flexibility index (Phi) is 8.39. The van der Waals surface area contributed by atoms with E-state index in [0.717, 1.165) is 32.2 Å². The average molecular weight is 526 g/mol. The lowest BCUT2D eigenvalue weighted by Crippen LogP contribution is -2.62. The number of nitrogens with zero attached hydrogens (tertiary/aromatic N) is 2. The highest BCUT2D eigenvalue weighted by Crippen LogP contribution is 2.39. The number of hydrazine groups is 1. The number of sulfone groups is 1. The largest absolute Gasteiger partial charge is 0.355 e. The highest BCUT2D eigenvalue weighted by molar-refractivity contribution is 7.91. The number of hydrogen-bond donors (Lipinski definition) is 3. The molecule has 3 saturated heterocycles. The fraction of sp³-hybridized carbons (Fsp3) is 0.923. The van der Waals surface area contributed by atoms with Crippen LogP contribution in [0.25, 0.3) is 0 Å². The van der Waals surface area contributed by atoms with Gasteiger partial charge in [-0.1, -0.05) is 6.92 Å². The maximum Gasteiger partial charge on any atom is 0.227 e. The van der Waals surface area contributed by atoms with Crippen LogP contribution in [0, 0.1) is 29.6 Å². The van der Waals surface area contributed by atoms with Gasteiger partial charge in [0.05, 0.1) is 17.3 Å².